The summed E-state index contributed by atoms with van der Waals surface area (Å²) in [7, 11) is 0. The van der Waals surface area contributed by atoms with Crippen molar-refractivity contribution in [1.29, 1.82) is 0 Å². The molecule has 3 N–H and O–H groups in total. The average Bonchev–Trinajstić information content (AvgIpc) is 3.62. The van der Waals surface area contributed by atoms with E-state index in [9.17, 15) is 4.79 Å². The highest BCUT2D eigenvalue weighted by Gasteiger charge is 2.34. The minimum atomic E-state index is -0.731. The molecule has 0 saturated heterocycles. The smallest absolute Gasteiger partial charge is 0.254 e. The van der Waals surface area contributed by atoms with Crippen LogP contribution in [0, 0.1) is 5.82 Å². The first-order chi connectivity index (χ1) is 17.8. The lowest BCUT2D eigenvalue weighted by atomic mass is 10.1. The van der Waals surface area contributed by atoms with Crippen molar-refractivity contribution in [3.05, 3.63) is 74.9 Å². The van der Waals surface area contributed by atoms with E-state index in [-0.39, 0.29) is 38.7 Å². The molecule has 12 nitrogen and oxygen atoms in total. The number of hydrogen-bond donors (Lipinski definition) is 2. The summed E-state index contributed by atoms with van der Waals surface area (Å²) in [5.74, 6) is 0.333. The van der Waals surface area contributed by atoms with Crippen LogP contribution in [0.4, 0.5) is 10.2 Å². The highest BCUT2D eigenvalue weighted by Crippen LogP contribution is 2.39. The molecule has 0 spiro atoms. The van der Waals surface area contributed by atoms with Crippen molar-refractivity contribution in [3.8, 4) is 28.3 Å². The summed E-state index contributed by atoms with van der Waals surface area (Å²) in [5.41, 5.74) is 6.51. The summed E-state index contributed by atoms with van der Waals surface area (Å²) >= 11 is 12.3. The van der Waals surface area contributed by atoms with Crippen LogP contribution in [0.3, 0.4) is 0 Å². The SMILES string of the molecule is C[C@@H]1C[C@H](c2nc(-c3ncc(N)nc3Cl)c[nH]2)n2c1nc(-c1c(-n3cnnn3)ccc(Cl)c1F)cc2=O. The predicted octanol–water partition coefficient (Wildman–Crippen LogP) is 3.19. The Kier molecular flexibility index (Phi) is 5.46. The molecule has 0 aliphatic carbocycles. The largest absolute Gasteiger partial charge is 0.382 e. The van der Waals surface area contributed by atoms with Crippen LogP contribution < -0.4 is 11.3 Å². The fourth-order valence-electron chi connectivity index (χ4n) is 4.50. The molecule has 37 heavy (non-hydrogen) atoms. The number of nitrogens with two attached hydrogens (primary N) is 1. The molecule has 0 saturated carbocycles. The second kappa shape index (κ2) is 8.71. The van der Waals surface area contributed by atoms with Crippen molar-refractivity contribution in [2.24, 2.45) is 0 Å². The summed E-state index contributed by atoms with van der Waals surface area (Å²) in [6, 6.07) is 3.79. The topological polar surface area (TPSA) is 159 Å². The quantitative estimate of drug-likeness (QED) is 0.349. The molecule has 0 unspecified atom stereocenters. The number of aromatic amines is 1. The molecule has 15 heteroatoms. The second-order valence-corrected chi connectivity index (χ2v) is 9.24. The van der Waals surface area contributed by atoms with Gasteiger partial charge in [0.2, 0.25) is 0 Å². The van der Waals surface area contributed by atoms with Crippen LogP contribution in [-0.2, 0) is 0 Å². The number of anilines is 1. The van der Waals surface area contributed by atoms with E-state index in [1.54, 1.807) is 16.8 Å². The molecule has 6 rings (SSSR count). The Morgan fingerprint density at radius 1 is 1.19 bits per heavy atom. The minimum absolute atomic E-state index is 0.0211. The van der Waals surface area contributed by atoms with Crippen LogP contribution in [-0.4, -0.2) is 49.7 Å². The Morgan fingerprint density at radius 3 is 2.78 bits per heavy atom. The maximum atomic E-state index is 15.3. The first-order valence-electron chi connectivity index (χ1n) is 11.0. The molecule has 5 heterocycles. The zero-order chi connectivity index (χ0) is 25.8. The van der Waals surface area contributed by atoms with E-state index in [0.29, 0.717) is 35.1 Å². The van der Waals surface area contributed by atoms with Crippen LogP contribution in [0.1, 0.15) is 37.0 Å². The standard InChI is InChI=1S/C22H16Cl2FN11O/c1-9-4-14(21-28-6-12(30-21)19-20(24)32-15(26)7-27-19)36-16(37)5-11(31-22(9)36)17-13(35-8-29-33-34-35)3-2-10(23)18(17)25/h2-3,5-9,14H,4H2,1H3,(H2,26,32)(H,28,30)/t9-,14-/m1/s1. The molecule has 4 aromatic heterocycles. The van der Waals surface area contributed by atoms with Gasteiger partial charge in [0, 0.05) is 18.2 Å². The summed E-state index contributed by atoms with van der Waals surface area (Å²) < 4.78 is 18.1. The Bertz CT molecular complexity index is 1720. The average molecular weight is 540 g/mol. The molecule has 1 aliphatic rings. The monoisotopic (exact) mass is 539 g/mol. The van der Waals surface area contributed by atoms with E-state index >= 15 is 4.39 Å². The number of imidazole rings is 1. The first kappa shape index (κ1) is 23.2. The van der Waals surface area contributed by atoms with Gasteiger partial charge in [0.15, 0.2) is 11.0 Å². The maximum absolute atomic E-state index is 15.3. The third-order valence-electron chi connectivity index (χ3n) is 6.14. The Balaban J connectivity index is 1.44. The molecule has 0 amide bonds. The zero-order valence-corrected chi connectivity index (χ0v) is 20.5. The summed E-state index contributed by atoms with van der Waals surface area (Å²) in [4.78, 5) is 34.0. The number of aromatic nitrogens is 10. The van der Waals surface area contributed by atoms with Gasteiger partial charge in [0.25, 0.3) is 5.56 Å². The van der Waals surface area contributed by atoms with Gasteiger partial charge in [0.1, 0.15) is 35.2 Å². The van der Waals surface area contributed by atoms with Crippen molar-refractivity contribution >= 4 is 29.0 Å². The van der Waals surface area contributed by atoms with Crippen LogP contribution in [0.2, 0.25) is 10.2 Å². The van der Waals surface area contributed by atoms with Gasteiger partial charge < -0.3 is 10.7 Å². The van der Waals surface area contributed by atoms with Crippen molar-refractivity contribution in [2.45, 2.75) is 25.3 Å². The van der Waals surface area contributed by atoms with Gasteiger partial charge in [-0.1, -0.05) is 30.1 Å². The summed E-state index contributed by atoms with van der Waals surface area (Å²) in [6.45, 7) is 1.94. The molecule has 186 valence electrons. The molecular formula is C22H16Cl2FN11O. The molecule has 0 radical (unpaired) electrons. The molecule has 0 bridgehead atoms. The van der Waals surface area contributed by atoms with Gasteiger partial charge in [0.05, 0.1) is 34.2 Å². The Morgan fingerprint density at radius 2 is 2.03 bits per heavy atom. The van der Waals surface area contributed by atoms with E-state index in [4.69, 9.17) is 28.9 Å². The fourth-order valence-corrected chi connectivity index (χ4v) is 4.90. The van der Waals surface area contributed by atoms with E-state index in [2.05, 4.69) is 40.4 Å². The first-order valence-corrected chi connectivity index (χ1v) is 11.8. The van der Waals surface area contributed by atoms with E-state index in [1.165, 1.54) is 29.3 Å². The molecule has 1 aromatic carbocycles. The van der Waals surface area contributed by atoms with Crippen LogP contribution in [0.15, 0.2) is 41.7 Å². The Labute approximate surface area is 217 Å². The predicted molar refractivity (Wildman–Crippen MR) is 132 cm³/mol. The van der Waals surface area contributed by atoms with Crippen molar-refractivity contribution in [1.82, 2.24) is 49.7 Å². The third-order valence-corrected chi connectivity index (χ3v) is 6.69. The highest BCUT2D eigenvalue weighted by molar-refractivity contribution is 6.32. The van der Waals surface area contributed by atoms with Gasteiger partial charge in [-0.05, 0) is 29.0 Å². The van der Waals surface area contributed by atoms with Crippen LogP contribution >= 0.6 is 23.2 Å². The van der Waals surface area contributed by atoms with Crippen molar-refractivity contribution in [3.63, 3.8) is 0 Å². The molecule has 2 atom stereocenters. The lowest BCUT2D eigenvalue weighted by Gasteiger charge is -2.14. The minimum Gasteiger partial charge on any atom is -0.382 e. The van der Waals surface area contributed by atoms with E-state index < -0.39 is 11.9 Å². The number of fused-ring (bicyclic) bond motifs is 1. The van der Waals surface area contributed by atoms with Gasteiger partial charge in [-0.2, -0.15) is 4.68 Å². The summed E-state index contributed by atoms with van der Waals surface area (Å²) in [5, 5.41) is 11.1. The number of benzene rings is 1. The van der Waals surface area contributed by atoms with Gasteiger partial charge in [-0.25, -0.2) is 24.3 Å². The van der Waals surface area contributed by atoms with Crippen LogP contribution in [0.5, 0.6) is 0 Å². The second-order valence-electron chi connectivity index (χ2n) is 8.48. The fraction of sp³-hybridized carbons (Fsp3) is 0.182. The van der Waals surface area contributed by atoms with Gasteiger partial charge >= 0.3 is 0 Å². The lowest BCUT2D eigenvalue weighted by molar-refractivity contribution is 0.555. The number of H-pyrrole nitrogens is 1. The van der Waals surface area contributed by atoms with Crippen molar-refractivity contribution in [2.75, 3.05) is 5.73 Å². The van der Waals surface area contributed by atoms with Gasteiger partial charge in [-0.15, -0.1) is 5.10 Å². The number of nitrogen functional groups attached to an aromatic ring is 1. The number of rotatable bonds is 4. The summed E-state index contributed by atoms with van der Waals surface area (Å²) in [6.07, 6.45) is 4.88. The number of nitrogens with zero attached hydrogens (tertiary/aromatic N) is 9. The maximum Gasteiger partial charge on any atom is 0.254 e. The number of halogens is 3. The lowest BCUT2D eigenvalue weighted by Crippen LogP contribution is -2.25. The third kappa shape index (κ3) is 3.83. The normalized spacial score (nSPS) is 16.8. The molecule has 1 aliphatic heterocycles. The number of hydrogen-bond acceptors (Lipinski definition) is 9. The highest BCUT2D eigenvalue weighted by atomic mass is 35.5. The van der Waals surface area contributed by atoms with E-state index in [0.717, 1.165) is 0 Å². The molecule has 5 aromatic rings. The van der Waals surface area contributed by atoms with Crippen LogP contribution in [0.25, 0.3) is 28.3 Å². The zero-order valence-electron chi connectivity index (χ0n) is 19.0. The Hall–Kier alpha value is -4.23. The van der Waals surface area contributed by atoms with Crippen molar-refractivity contribution < 1.29 is 4.39 Å². The number of nitrogens with one attached hydrogen (secondary N) is 1. The molecule has 0 fully saturated rings. The molecular weight excluding hydrogens is 524 g/mol. The number of tetrazole rings is 1. The van der Waals surface area contributed by atoms with Gasteiger partial charge in [-0.3, -0.25) is 9.36 Å². The van der Waals surface area contributed by atoms with E-state index in [1.807, 2.05) is 6.92 Å².